The molecule has 0 radical (unpaired) electrons. The zero-order valence-electron chi connectivity index (χ0n) is 13.8. The minimum absolute atomic E-state index is 0.157. The molecule has 1 aromatic carbocycles. The van der Waals surface area contributed by atoms with Crippen LogP contribution >= 0.6 is 11.3 Å². The van der Waals surface area contributed by atoms with Crippen molar-refractivity contribution < 1.29 is 14.3 Å². The van der Waals surface area contributed by atoms with Gasteiger partial charge in [-0.15, -0.1) is 11.3 Å². The van der Waals surface area contributed by atoms with Gasteiger partial charge < -0.3 is 15.0 Å². The van der Waals surface area contributed by atoms with Crippen molar-refractivity contribution >= 4 is 34.6 Å². The Hall–Kier alpha value is -2.34. The number of benzene rings is 1. The minimum atomic E-state index is -0.412. The van der Waals surface area contributed by atoms with Gasteiger partial charge in [-0.3, -0.25) is 4.79 Å². The lowest BCUT2D eigenvalue weighted by molar-refractivity contribution is 0.0600. The number of hydrogen-bond acceptors (Lipinski definition) is 5. The fourth-order valence-electron chi connectivity index (χ4n) is 2.86. The summed E-state index contributed by atoms with van der Waals surface area (Å²) >= 11 is 1.45. The molecule has 1 amide bonds. The maximum Gasteiger partial charge on any atom is 0.337 e. The van der Waals surface area contributed by atoms with Crippen LogP contribution in [0, 0.1) is 6.92 Å². The van der Waals surface area contributed by atoms with Gasteiger partial charge >= 0.3 is 5.97 Å². The van der Waals surface area contributed by atoms with Crippen LogP contribution < -0.4 is 10.2 Å². The van der Waals surface area contributed by atoms with E-state index in [0.717, 1.165) is 36.5 Å². The summed E-state index contributed by atoms with van der Waals surface area (Å²) in [4.78, 5) is 28.3. The Bertz CT molecular complexity index is 763. The smallest absolute Gasteiger partial charge is 0.337 e. The van der Waals surface area contributed by atoms with E-state index in [4.69, 9.17) is 4.74 Å². The number of anilines is 2. The largest absolute Gasteiger partial charge is 0.465 e. The number of rotatable bonds is 4. The van der Waals surface area contributed by atoms with Gasteiger partial charge in [0.2, 0.25) is 0 Å². The van der Waals surface area contributed by atoms with Crippen molar-refractivity contribution in [1.29, 1.82) is 0 Å². The molecular weight excluding hydrogens is 324 g/mol. The Balaban J connectivity index is 1.92. The zero-order valence-corrected chi connectivity index (χ0v) is 14.6. The molecule has 0 saturated carbocycles. The van der Waals surface area contributed by atoms with E-state index in [1.54, 1.807) is 12.1 Å². The van der Waals surface area contributed by atoms with Crippen molar-refractivity contribution in [2.75, 3.05) is 30.4 Å². The van der Waals surface area contributed by atoms with Crippen LogP contribution in [0.3, 0.4) is 0 Å². The number of methoxy groups -OCH3 is 1. The van der Waals surface area contributed by atoms with E-state index < -0.39 is 5.97 Å². The van der Waals surface area contributed by atoms with Crippen molar-refractivity contribution in [3.63, 3.8) is 0 Å². The normalized spacial score (nSPS) is 13.8. The Labute approximate surface area is 145 Å². The van der Waals surface area contributed by atoms with Crippen LogP contribution in [0.25, 0.3) is 0 Å². The molecular formula is C18H20N2O3S. The van der Waals surface area contributed by atoms with E-state index in [0.29, 0.717) is 16.1 Å². The van der Waals surface area contributed by atoms with E-state index in [9.17, 15) is 9.59 Å². The highest BCUT2D eigenvalue weighted by Gasteiger charge is 2.20. The summed E-state index contributed by atoms with van der Waals surface area (Å²) in [5, 5.41) is 2.96. The first-order valence-electron chi connectivity index (χ1n) is 7.93. The molecule has 126 valence electrons. The molecule has 0 atom stereocenters. The van der Waals surface area contributed by atoms with Crippen LogP contribution in [0.2, 0.25) is 0 Å². The highest BCUT2D eigenvalue weighted by molar-refractivity contribution is 7.14. The summed E-state index contributed by atoms with van der Waals surface area (Å²) in [6.45, 7) is 3.88. The predicted octanol–water partition coefficient (Wildman–Crippen LogP) is 3.70. The maximum absolute atomic E-state index is 12.5. The maximum atomic E-state index is 12.5. The Morgan fingerprint density at radius 3 is 2.54 bits per heavy atom. The SMILES string of the molecule is COC(=O)c1ccc(N2CCCC2)c(NC(=O)c2ccc(C)s2)c1. The second kappa shape index (κ2) is 7.05. The minimum Gasteiger partial charge on any atom is -0.465 e. The summed E-state index contributed by atoms with van der Waals surface area (Å²) in [7, 11) is 1.35. The monoisotopic (exact) mass is 344 g/mol. The van der Waals surface area contributed by atoms with Gasteiger partial charge in [0.1, 0.15) is 0 Å². The number of thiophene rings is 1. The average molecular weight is 344 g/mol. The van der Waals surface area contributed by atoms with Crippen molar-refractivity contribution in [3.05, 3.63) is 45.6 Å². The first-order chi connectivity index (χ1) is 11.6. The number of carbonyl (C=O) groups excluding carboxylic acids is 2. The fraction of sp³-hybridized carbons (Fsp3) is 0.333. The molecule has 0 spiro atoms. The molecule has 2 aromatic rings. The molecule has 1 aromatic heterocycles. The molecule has 1 saturated heterocycles. The van der Waals surface area contributed by atoms with Crippen molar-refractivity contribution in [1.82, 2.24) is 0 Å². The molecule has 0 aliphatic carbocycles. The number of nitrogens with one attached hydrogen (secondary N) is 1. The molecule has 1 N–H and O–H groups in total. The predicted molar refractivity (Wildman–Crippen MR) is 96.2 cm³/mol. The van der Waals surface area contributed by atoms with Crippen molar-refractivity contribution in [2.45, 2.75) is 19.8 Å². The second-order valence-corrected chi connectivity index (χ2v) is 7.07. The van der Waals surface area contributed by atoms with Crippen molar-refractivity contribution in [2.24, 2.45) is 0 Å². The van der Waals surface area contributed by atoms with Crippen LogP contribution in [-0.2, 0) is 4.74 Å². The second-order valence-electron chi connectivity index (χ2n) is 5.78. The molecule has 1 aliphatic rings. The molecule has 2 heterocycles. The third-order valence-electron chi connectivity index (χ3n) is 4.08. The first kappa shape index (κ1) is 16.5. The molecule has 1 aliphatic heterocycles. The molecule has 1 fully saturated rings. The van der Waals surface area contributed by atoms with E-state index >= 15 is 0 Å². The lowest BCUT2D eigenvalue weighted by Gasteiger charge is -2.22. The van der Waals surface area contributed by atoms with Crippen LogP contribution in [0.15, 0.2) is 30.3 Å². The number of hydrogen-bond donors (Lipinski definition) is 1. The van der Waals surface area contributed by atoms with Gasteiger partial charge in [0.25, 0.3) is 5.91 Å². The van der Waals surface area contributed by atoms with Gasteiger partial charge in [-0.25, -0.2) is 4.79 Å². The van der Waals surface area contributed by atoms with Gasteiger partial charge in [-0.05, 0) is 50.1 Å². The van der Waals surface area contributed by atoms with E-state index in [2.05, 4.69) is 10.2 Å². The van der Waals surface area contributed by atoms with Crippen LogP contribution in [0.1, 0.15) is 37.7 Å². The molecule has 3 rings (SSSR count). The van der Waals surface area contributed by atoms with Gasteiger partial charge in [-0.2, -0.15) is 0 Å². The highest BCUT2D eigenvalue weighted by Crippen LogP contribution is 2.31. The molecule has 6 heteroatoms. The lowest BCUT2D eigenvalue weighted by Crippen LogP contribution is -2.21. The van der Waals surface area contributed by atoms with E-state index in [-0.39, 0.29) is 5.91 Å². The summed E-state index contributed by atoms with van der Waals surface area (Å²) < 4.78 is 4.79. The van der Waals surface area contributed by atoms with E-state index in [1.165, 1.54) is 18.4 Å². The van der Waals surface area contributed by atoms with Gasteiger partial charge in [0, 0.05) is 18.0 Å². The third-order valence-corrected chi connectivity index (χ3v) is 5.08. The first-order valence-corrected chi connectivity index (χ1v) is 8.75. The number of ether oxygens (including phenoxy) is 1. The van der Waals surface area contributed by atoms with Gasteiger partial charge in [-0.1, -0.05) is 0 Å². The van der Waals surface area contributed by atoms with Gasteiger partial charge in [0.15, 0.2) is 0 Å². The average Bonchev–Trinajstić information content (AvgIpc) is 3.25. The number of nitrogens with zero attached hydrogens (tertiary/aromatic N) is 1. The van der Waals surface area contributed by atoms with Crippen LogP contribution in [-0.4, -0.2) is 32.1 Å². The third kappa shape index (κ3) is 3.43. The summed E-state index contributed by atoms with van der Waals surface area (Å²) in [5.74, 6) is -0.569. The zero-order chi connectivity index (χ0) is 17.1. The molecule has 0 bridgehead atoms. The van der Waals surface area contributed by atoms with E-state index in [1.807, 2.05) is 25.1 Å². The summed E-state index contributed by atoms with van der Waals surface area (Å²) in [6.07, 6.45) is 2.27. The number of esters is 1. The Morgan fingerprint density at radius 2 is 1.92 bits per heavy atom. The Morgan fingerprint density at radius 1 is 1.17 bits per heavy atom. The van der Waals surface area contributed by atoms with Gasteiger partial charge in [0.05, 0.1) is 28.9 Å². The number of amides is 1. The highest BCUT2D eigenvalue weighted by atomic mass is 32.1. The number of aryl methyl sites for hydroxylation is 1. The molecule has 5 nitrogen and oxygen atoms in total. The van der Waals surface area contributed by atoms with Crippen molar-refractivity contribution in [3.8, 4) is 0 Å². The van der Waals surface area contributed by atoms with Crippen LogP contribution in [0.4, 0.5) is 11.4 Å². The molecule has 0 unspecified atom stereocenters. The summed E-state index contributed by atoms with van der Waals surface area (Å²) in [5.41, 5.74) is 2.02. The molecule has 24 heavy (non-hydrogen) atoms. The standard InChI is InChI=1S/C18H20N2O3S/c1-12-5-8-16(24-12)17(21)19-14-11-13(18(22)23-2)6-7-15(14)20-9-3-4-10-20/h5-8,11H,3-4,9-10H2,1-2H3,(H,19,21). The Kier molecular flexibility index (Phi) is 4.85. The topological polar surface area (TPSA) is 58.6 Å². The summed E-state index contributed by atoms with van der Waals surface area (Å²) in [6, 6.07) is 9.05. The number of carbonyl (C=O) groups is 2. The quantitative estimate of drug-likeness (QED) is 0.859. The fourth-order valence-corrected chi connectivity index (χ4v) is 3.62. The lowest BCUT2D eigenvalue weighted by atomic mass is 10.1. The van der Waals surface area contributed by atoms with Crippen LogP contribution in [0.5, 0.6) is 0 Å².